The van der Waals surface area contributed by atoms with Crippen molar-refractivity contribution < 1.29 is 9.13 Å². The first-order chi connectivity index (χ1) is 9.65. The fraction of sp³-hybridized carbons (Fsp3) is 0.250. The number of hydrogen-bond acceptors (Lipinski definition) is 2. The predicted octanol–water partition coefficient (Wildman–Crippen LogP) is 4.30. The smallest absolute Gasteiger partial charge is 0.123 e. The van der Waals surface area contributed by atoms with Gasteiger partial charge in [0.1, 0.15) is 11.6 Å². The van der Waals surface area contributed by atoms with E-state index in [1.54, 1.807) is 19.2 Å². The van der Waals surface area contributed by atoms with Crippen molar-refractivity contribution in [2.45, 2.75) is 13.0 Å². The molecule has 0 heterocycles. The molecule has 0 saturated carbocycles. The largest absolute Gasteiger partial charge is 0.497 e. The van der Waals surface area contributed by atoms with Crippen LogP contribution in [0.2, 0.25) is 0 Å². The third-order valence-corrected chi connectivity index (χ3v) is 3.80. The van der Waals surface area contributed by atoms with Crippen molar-refractivity contribution >= 4 is 15.9 Å². The van der Waals surface area contributed by atoms with Gasteiger partial charge >= 0.3 is 0 Å². The lowest BCUT2D eigenvalue weighted by atomic mass is 9.98. The maximum atomic E-state index is 13.4. The Kier molecular flexibility index (Phi) is 5.15. The summed E-state index contributed by atoms with van der Waals surface area (Å²) in [6, 6.07) is 12.4. The summed E-state index contributed by atoms with van der Waals surface area (Å²) in [5.41, 5.74) is 1.95. The second kappa shape index (κ2) is 6.86. The average Bonchev–Trinajstić information content (AvgIpc) is 2.45. The van der Waals surface area contributed by atoms with Crippen LogP contribution in [0.3, 0.4) is 0 Å². The standard InChI is InChI=1S/C16H17BrFNO/c1-3-19-16(11-5-4-6-12(18)9-11)14-8-7-13(20-2)10-15(14)17/h4-10,16,19H,3H2,1-2H3. The number of nitrogens with one attached hydrogen (secondary N) is 1. The molecule has 0 bridgehead atoms. The summed E-state index contributed by atoms with van der Waals surface area (Å²) in [6.07, 6.45) is 0. The molecule has 106 valence electrons. The Balaban J connectivity index is 2.43. The SMILES string of the molecule is CCNC(c1cccc(F)c1)c1ccc(OC)cc1Br. The summed E-state index contributed by atoms with van der Waals surface area (Å²) >= 11 is 3.56. The first-order valence-corrected chi connectivity index (χ1v) is 7.27. The van der Waals surface area contributed by atoms with Gasteiger partial charge in [-0.1, -0.05) is 41.1 Å². The van der Waals surface area contributed by atoms with E-state index in [0.717, 1.165) is 27.9 Å². The lowest BCUT2D eigenvalue weighted by molar-refractivity contribution is 0.414. The molecular weight excluding hydrogens is 321 g/mol. The minimum Gasteiger partial charge on any atom is -0.497 e. The van der Waals surface area contributed by atoms with E-state index >= 15 is 0 Å². The van der Waals surface area contributed by atoms with Crippen molar-refractivity contribution in [3.63, 3.8) is 0 Å². The van der Waals surface area contributed by atoms with Crippen LogP contribution in [-0.2, 0) is 0 Å². The number of rotatable bonds is 5. The van der Waals surface area contributed by atoms with E-state index in [2.05, 4.69) is 21.2 Å². The molecule has 2 aromatic rings. The van der Waals surface area contributed by atoms with E-state index in [1.165, 1.54) is 6.07 Å². The Labute approximate surface area is 127 Å². The minimum absolute atomic E-state index is 0.0593. The molecule has 1 N–H and O–H groups in total. The van der Waals surface area contributed by atoms with Crippen LogP contribution in [0.4, 0.5) is 4.39 Å². The summed E-state index contributed by atoms with van der Waals surface area (Å²) in [7, 11) is 1.63. The van der Waals surface area contributed by atoms with Crippen LogP contribution in [-0.4, -0.2) is 13.7 Å². The third kappa shape index (κ3) is 3.38. The molecule has 20 heavy (non-hydrogen) atoms. The fourth-order valence-corrected chi connectivity index (χ4v) is 2.75. The number of halogens is 2. The van der Waals surface area contributed by atoms with Crippen molar-refractivity contribution in [1.82, 2.24) is 5.32 Å². The zero-order valence-electron chi connectivity index (χ0n) is 11.5. The Hall–Kier alpha value is -1.39. The summed E-state index contributed by atoms with van der Waals surface area (Å²) in [6.45, 7) is 2.82. The van der Waals surface area contributed by atoms with Gasteiger partial charge in [-0.3, -0.25) is 0 Å². The van der Waals surface area contributed by atoms with Crippen molar-refractivity contribution in [2.24, 2.45) is 0 Å². The topological polar surface area (TPSA) is 21.3 Å². The molecule has 0 aliphatic carbocycles. The van der Waals surface area contributed by atoms with Crippen molar-refractivity contribution in [3.05, 3.63) is 63.9 Å². The lowest BCUT2D eigenvalue weighted by Gasteiger charge is -2.21. The molecule has 0 amide bonds. The molecule has 1 unspecified atom stereocenters. The quantitative estimate of drug-likeness (QED) is 0.878. The van der Waals surface area contributed by atoms with Crippen LogP contribution in [0.25, 0.3) is 0 Å². The number of benzene rings is 2. The molecule has 0 aliphatic rings. The maximum absolute atomic E-state index is 13.4. The zero-order chi connectivity index (χ0) is 14.5. The monoisotopic (exact) mass is 337 g/mol. The van der Waals surface area contributed by atoms with Crippen molar-refractivity contribution in [3.8, 4) is 5.75 Å². The van der Waals surface area contributed by atoms with Gasteiger partial charge in [-0.05, 0) is 41.9 Å². The third-order valence-electron chi connectivity index (χ3n) is 3.11. The van der Waals surface area contributed by atoms with Crippen LogP contribution < -0.4 is 10.1 Å². The molecule has 0 saturated heterocycles. The molecule has 2 aromatic carbocycles. The maximum Gasteiger partial charge on any atom is 0.123 e. The van der Waals surface area contributed by atoms with Gasteiger partial charge in [-0.2, -0.15) is 0 Å². The van der Waals surface area contributed by atoms with Gasteiger partial charge in [0.15, 0.2) is 0 Å². The molecular formula is C16H17BrFNO. The zero-order valence-corrected chi connectivity index (χ0v) is 13.1. The normalized spacial score (nSPS) is 12.2. The van der Waals surface area contributed by atoms with E-state index in [4.69, 9.17) is 4.74 Å². The molecule has 4 heteroatoms. The van der Waals surface area contributed by atoms with E-state index in [9.17, 15) is 4.39 Å². The van der Waals surface area contributed by atoms with Gasteiger partial charge in [0.25, 0.3) is 0 Å². The van der Waals surface area contributed by atoms with Gasteiger partial charge in [-0.15, -0.1) is 0 Å². The lowest BCUT2D eigenvalue weighted by Crippen LogP contribution is -2.22. The summed E-state index contributed by atoms with van der Waals surface area (Å²) in [5, 5.41) is 3.38. The number of hydrogen-bond donors (Lipinski definition) is 1. The molecule has 0 aromatic heterocycles. The highest BCUT2D eigenvalue weighted by Gasteiger charge is 2.16. The second-order valence-electron chi connectivity index (χ2n) is 4.43. The number of methoxy groups -OCH3 is 1. The van der Waals surface area contributed by atoms with E-state index < -0.39 is 0 Å². The van der Waals surface area contributed by atoms with Gasteiger partial charge in [0.2, 0.25) is 0 Å². The second-order valence-corrected chi connectivity index (χ2v) is 5.29. The van der Waals surface area contributed by atoms with Gasteiger partial charge in [0, 0.05) is 4.47 Å². The highest BCUT2D eigenvalue weighted by molar-refractivity contribution is 9.10. The summed E-state index contributed by atoms with van der Waals surface area (Å²) < 4.78 is 19.6. The molecule has 2 nitrogen and oxygen atoms in total. The molecule has 0 spiro atoms. The Bertz CT molecular complexity index is 588. The van der Waals surface area contributed by atoms with Crippen molar-refractivity contribution in [1.29, 1.82) is 0 Å². The molecule has 0 aliphatic heterocycles. The fourth-order valence-electron chi connectivity index (χ4n) is 2.17. The summed E-state index contributed by atoms with van der Waals surface area (Å²) in [4.78, 5) is 0. The van der Waals surface area contributed by atoms with Crippen LogP contribution in [0.5, 0.6) is 5.75 Å². The molecule has 1 atom stereocenters. The highest BCUT2D eigenvalue weighted by atomic mass is 79.9. The Morgan fingerprint density at radius 2 is 2.05 bits per heavy atom. The molecule has 2 rings (SSSR count). The van der Waals surface area contributed by atoms with Crippen LogP contribution >= 0.6 is 15.9 Å². The van der Waals surface area contributed by atoms with Crippen LogP contribution in [0.1, 0.15) is 24.1 Å². The van der Waals surface area contributed by atoms with Gasteiger partial charge < -0.3 is 10.1 Å². The Morgan fingerprint density at radius 3 is 2.65 bits per heavy atom. The van der Waals surface area contributed by atoms with E-state index in [-0.39, 0.29) is 11.9 Å². The Morgan fingerprint density at radius 1 is 1.25 bits per heavy atom. The first kappa shape index (κ1) is 15.0. The minimum atomic E-state index is -0.227. The average molecular weight is 338 g/mol. The van der Waals surface area contributed by atoms with E-state index in [1.807, 2.05) is 31.2 Å². The van der Waals surface area contributed by atoms with E-state index in [0.29, 0.717) is 0 Å². The molecule has 0 fully saturated rings. The van der Waals surface area contributed by atoms with Crippen LogP contribution in [0, 0.1) is 5.82 Å². The highest BCUT2D eigenvalue weighted by Crippen LogP contribution is 2.31. The van der Waals surface area contributed by atoms with Crippen molar-refractivity contribution in [2.75, 3.05) is 13.7 Å². The molecule has 0 radical (unpaired) electrons. The number of ether oxygens (including phenoxy) is 1. The van der Waals surface area contributed by atoms with Crippen LogP contribution in [0.15, 0.2) is 46.9 Å². The summed E-state index contributed by atoms with van der Waals surface area (Å²) in [5.74, 6) is 0.560. The predicted molar refractivity (Wildman–Crippen MR) is 82.6 cm³/mol. The first-order valence-electron chi connectivity index (χ1n) is 6.48. The van der Waals surface area contributed by atoms with Gasteiger partial charge in [-0.25, -0.2) is 4.39 Å². The van der Waals surface area contributed by atoms with Gasteiger partial charge in [0.05, 0.1) is 13.2 Å².